The number of sulfonamides is 1. The summed E-state index contributed by atoms with van der Waals surface area (Å²) < 4.78 is 44.6. The van der Waals surface area contributed by atoms with Gasteiger partial charge < -0.3 is 40.5 Å². The van der Waals surface area contributed by atoms with Crippen LogP contribution in [0, 0.1) is 6.92 Å². The standard InChI is InChI=1S/C36H48N10O8S/c1-6-46-29(16-22(2)43-46)33(48)42-34-41-27-19-25(55(39,50)51)10-11-28(27)45(34)13-8-7-12-40-31-26(37)17-23(32(38)47)18-30(31)53-15-9-14-52-24-20-44(21-24)35(49)54-36(3,4)5/h7-8,10-11,16-19,24,40H,6,9,12-15,20-21,37H2,1-5H3,(H2,38,47)(H2,39,50,51)(H,41,42,48)/b8-7+. The fourth-order valence-electron chi connectivity index (χ4n) is 5.72. The molecule has 0 bridgehead atoms. The molecule has 2 aromatic heterocycles. The number of primary sulfonamides is 1. The molecule has 0 aliphatic carbocycles. The average molecular weight is 781 g/mol. The van der Waals surface area contributed by atoms with Crippen molar-refractivity contribution in [1.29, 1.82) is 0 Å². The molecule has 8 N–H and O–H groups in total. The number of likely N-dealkylation sites (tertiary alicyclic amines) is 1. The maximum Gasteiger partial charge on any atom is 0.410 e. The number of amides is 3. The maximum atomic E-state index is 13.3. The van der Waals surface area contributed by atoms with Crippen molar-refractivity contribution < 1.29 is 37.0 Å². The van der Waals surface area contributed by atoms with Crippen molar-refractivity contribution in [1.82, 2.24) is 24.2 Å². The molecule has 0 saturated carbocycles. The van der Waals surface area contributed by atoms with Crippen LogP contribution < -0.4 is 32.0 Å². The quantitative estimate of drug-likeness (QED) is 0.0624. The summed E-state index contributed by atoms with van der Waals surface area (Å²) in [5.74, 6) is -0.570. The Bertz CT molecular complexity index is 2200. The zero-order valence-corrected chi connectivity index (χ0v) is 32.3. The highest BCUT2D eigenvalue weighted by atomic mass is 32.2. The number of nitrogen functional groups attached to an aromatic ring is 1. The topological polar surface area (TPSA) is 254 Å². The average Bonchev–Trinajstić information content (AvgIpc) is 3.63. The molecule has 2 aromatic carbocycles. The van der Waals surface area contributed by atoms with Crippen molar-refractivity contribution in [3.05, 3.63) is 65.5 Å². The van der Waals surface area contributed by atoms with Gasteiger partial charge in [0, 0.05) is 31.6 Å². The van der Waals surface area contributed by atoms with Crippen LogP contribution in [-0.2, 0) is 32.6 Å². The molecule has 3 amide bonds. The fraction of sp³-hybridized carbons (Fsp3) is 0.417. The number of ether oxygens (including phenoxy) is 3. The summed E-state index contributed by atoms with van der Waals surface area (Å²) >= 11 is 0. The third-order valence-corrected chi connectivity index (χ3v) is 9.29. The number of hydrogen-bond acceptors (Lipinski definition) is 12. The van der Waals surface area contributed by atoms with Gasteiger partial charge in [0.05, 0.1) is 59.7 Å². The van der Waals surface area contributed by atoms with Gasteiger partial charge in [-0.25, -0.2) is 23.3 Å². The number of nitrogens with two attached hydrogens (primary N) is 3. The number of fused-ring (bicyclic) bond motifs is 1. The van der Waals surface area contributed by atoms with Crippen molar-refractivity contribution in [2.45, 2.75) is 70.7 Å². The zero-order valence-electron chi connectivity index (χ0n) is 31.5. The zero-order chi connectivity index (χ0) is 40.1. The molecule has 0 spiro atoms. The van der Waals surface area contributed by atoms with E-state index >= 15 is 0 Å². The van der Waals surface area contributed by atoms with Crippen LogP contribution in [0.1, 0.15) is 60.7 Å². The lowest BCUT2D eigenvalue weighted by Gasteiger charge is -2.39. The molecule has 0 radical (unpaired) electrons. The summed E-state index contributed by atoms with van der Waals surface area (Å²) in [6.45, 7) is 11.7. The number of imidazole rings is 1. The van der Waals surface area contributed by atoms with Gasteiger partial charge >= 0.3 is 6.09 Å². The number of carbonyl (C=O) groups excluding carboxylic acids is 3. The van der Waals surface area contributed by atoms with Gasteiger partial charge in [-0.15, -0.1) is 0 Å². The van der Waals surface area contributed by atoms with E-state index < -0.39 is 27.4 Å². The molecule has 1 fully saturated rings. The van der Waals surface area contributed by atoms with Crippen LogP contribution >= 0.6 is 0 Å². The van der Waals surface area contributed by atoms with E-state index in [2.05, 4.69) is 20.7 Å². The highest BCUT2D eigenvalue weighted by Gasteiger charge is 2.34. The summed E-state index contributed by atoms with van der Waals surface area (Å²) in [7, 11) is -3.99. The predicted molar refractivity (Wildman–Crippen MR) is 206 cm³/mol. The Morgan fingerprint density at radius 2 is 1.82 bits per heavy atom. The first-order chi connectivity index (χ1) is 25.9. The third kappa shape index (κ3) is 10.3. The van der Waals surface area contributed by atoms with Crippen molar-refractivity contribution in [3.8, 4) is 5.75 Å². The van der Waals surface area contributed by atoms with Crippen molar-refractivity contribution >= 4 is 56.3 Å². The maximum absolute atomic E-state index is 13.3. The second-order valence-corrected chi connectivity index (χ2v) is 15.5. The number of anilines is 3. The first-order valence-electron chi connectivity index (χ1n) is 17.7. The van der Waals surface area contributed by atoms with Crippen LogP contribution in [-0.4, -0.2) is 95.1 Å². The van der Waals surface area contributed by atoms with Crippen molar-refractivity contribution in [2.75, 3.05) is 49.2 Å². The molecule has 1 aliphatic heterocycles. The van der Waals surface area contributed by atoms with Gasteiger partial charge in [-0.2, -0.15) is 5.10 Å². The van der Waals surface area contributed by atoms with E-state index in [1.165, 1.54) is 24.3 Å². The monoisotopic (exact) mass is 780 g/mol. The van der Waals surface area contributed by atoms with Crippen LogP contribution in [0.4, 0.5) is 22.1 Å². The Morgan fingerprint density at radius 3 is 2.49 bits per heavy atom. The van der Waals surface area contributed by atoms with E-state index in [0.717, 1.165) is 0 Å². The second kappa shape index (κ2) is 16.8. The van der Waals surface area contributed by atoms with E-state index in [0.29, 0.717) is 66.5 Å². The Labute approximate surface area is 319 Å². The van der Waals surface area contributed by atoms with E-state index in [1.54, 1.807) is 33.2 Å². The molecule has 19 heteroatoms. The van der Waals surface area contributed by atoms with Gasteiger partial charge in [-0.3, -0.25) is 19.6 Å². The molecule has 1 aliphatic rings. The minimum absolute atomic E-state index is 0.0902. The lowest BCUT2D eigenvalue weighted by atomic mass is 10.1. The summed E-state index contributed by atoms with van der Waals surface area (Å²) in [6, 6.07) is 8.95. The normalized spacial score (nSPS) is 13.6. The lowest BCUT2D eigenvalue weighted by Crippen LogP contribution is -2.56. The first-order valence-corrected chi connectivity index (χ1v) is 19.2. The van der Waals surface area contributed by atoms with E-state index in [9.17, 15) is 22.8 Å². The summed E-state index contributed by atoms with van der Waals surface area (Å²) in [6.07, 6.45) is 3.72. The molecular weight excluding hydrogens is 733 g/mol. The smallest absolute Gasteiger partial charge is 0.410 e. The fourth-order valence-corrected chi connectivity index (χ4v) is 6.25. The number of allylic oxidation sites excluding steroid dienone is 1. The molecule has 1 saturated heterocycles. The van der Waals surface area contributed by atoms with Gasteiger partial charge in [-0.1, -0.05) is 12.2 Å². The van der Waals surface area contributed by atoms with Crippen LogP contribution in [0.5, 0.6) is 5.75 Å². The number of primary amides is 1. The SMILES string of the molecule is CCn1nc(C)cc1C(=O)Nc1nc2cc(S(N)(=O)=O)ccc2n1C/C=C/CNc1c(N)cc(C(N)=O)cc1OCCCOC1CN(C(=O)OC(C)(C)C)C1. The van der Waals surface area contributed by atoms with E-state index in [4.69, 9.17) is 30.8 Å². The molecular formula is C36H48N10O8S. The van der Waals surface area contributed by atoms with Gasteiger partial charge in [0.15, 0.2) is 0 Å². The molecule has 0 atom stereocenters. The summed E-state index contributed by atoms with van der Waals surface area (Å²) in [5.41, 5.74) is 14.1. The molecule has 18 nitrogen and oxygen atoms in total. The van der Waals surface area contributed by atoms with Crippen LogP contribution in [0.25, 0.3) is 11.0 Å². The number of hydrogen-bond donors (Lipinski definition) is 5. The van der Waals surface area contributed by atoms with E-state index in [1.807, 2.05) is 39.8 Å². The molecule has 3 heterocycles. The number of carbonyl (C=O) groups is 3. The second-order valence-electron chi connectivity index (χ2n) is 13.9. The molecule has 0 unspecified atom stereocenters. The number of nitrogens with one attached hydrogen (secondary N) is 2. The minimum atomic E-state index is -3.99. The molecule has 55 heavy (non-hydrogen) atoms. The molecule has 4 aromatic rings. The number of benzene rings is 2. The summed E-state index contributed by atoms with van der Waals surface area (Å²) in [5, 5.41) is 15.8. The number of rotatable bonds is 16. The Morgan fingerprint density at radius 1 is 1.07 bits per heavy atom. The summed E-state index contributed by atoms with van der Waals surface area (Å²) in [4.78, 5) is 43.4. The number of aryl methyl sites for hydroxylation is 2. The van der Waals surface area contributed by atoms with Crippen LogP contribution in [0.3, 0.4) is 0 Å². The van der Waals surface area contributed by atoms with Gasteiger partial charge in [0.25, 0.3) is 5.91 Å². The lowest BCUT2D eigenvalue weighted by molar-refractivity contribution is -0.0647. The van der Waals surface area contributed by atoms with Crippen LogP contribution in [0.15, 0.2) is 53.4 Å². The van der Waals surface area contributed by atoms with Crippen LogP contribution in [0.2, 0.25) is 0 Å². The van der Waals surface area contributed by atoms with Gasteiger partial charge in [0.1, 0.15) is 22.7 Å². The molecule has 5 rings (SSSR count). The van der Waals surface area contributed by atoms with Gasteiger partial charge in [-0.05, 0) is 71.0 Å². The highest BCUT2D eigenvalue weighted by molar-refractivity contribution is 7.89. The minimum Gasteiger partial charge on any atom is -0.491 e. The highest BCUT2D eigenvalue weighted by Crippen LogP contribution is 2.33. The number of aromatic nitrogens is 4. The van der Waals surface area contributed by atoms with Crippen molar-refractivity contribution in [2.24, 2.45) is 10.9 Å². The largest absolute Gasteiger partial charge is 0.491 e. The Hall–Kier alpha value is -5.66. The first kappa shape index (κ1) is 40.5. The van der Waals surface area contributed by atoms with Gasteiger partial charge in [0.2, 0.25) is 21.9 Å². The predicted octanol–water partition coefficient (Wildman–Crippen LogP) is 3.22. The molecule has 296 valence electrons. The van der Waals surface area contributed by atoms with E-state index in [-0.39, 0.29) is 54.0 Å². The number of nitrogens with zero attached hydrogens (tertiary/aromatic N) is 5. The Kier molecular flexibility index (Phi) is 12.4. The van der Waals surface area contributed by atoms with Crippen molar-refractivity contribution in [3.63, 3.8) is 0 Å². The third-order valence-electron chi connectivity index (χ3n) is 8.38. The Balaban J connectivity index is 1.22.